The Labute approximate surface area is 188 Å². The number of rotatable bonds is 7. The van der Waals surface area contributed by atoms with Crippen molar-refractivity contribution in [3.63, 3.8) is 0 Å². The lowest BCUT2D eigenvalue weighted by atomic mass is 10.1. The third kappa shape index (κ3) is 5.04. The predicted octanol–water partition coefficient (Wildman–Crippen LogP) is 4.41. The van der Waals surface area contributed by atoms with Crippen LogP contribution in [0, 0.1) is 15.9 Å². The van der Waals surface area contributed by atoms with Gasteiger partial charge in [-0.15, -0.1) is 0 Å². The van der Waals surface area contributed by atoms with Crippen LogP contribution in [0.1, 0.15) is 16.7 Å². The Morgan fingerprint density at radius 3 is 2.52 bits per heavy atom. The zero-order valence-electron chi connectivity index (χ0n) is 17.2. The molecule has 1 N–H and O–H groups in total. The Balaban J connectivity index is 1.41. The van der Waals surface area contributed by atoms with E-state index in [9.17, 15) is 24.1 Å². The normalized spacial score (nSPS) is 14.5. The summed E-state index contributed by atoms with van der Waals surface area (Å²) in [7, 11) is 0. The lowest BCUT2D eigenvalue weighted by Gasteiger charge is -2.12. The van der Waals surface area contributed by atoms with Crippen LogP contribution in [0.5, 0.6) is 5.75 Å². The molecule has 9 heteroatoms. The van der Waals surface area contributed by atoms with Crippen molar-refractivity contribution in [1.29, 1.82) is 0 Å². The second kappa shape index (κ2) is 9.31. The number of urea groups is 1. The summed E-state index contributed by atoms with van der Waals surface area (Å²) in [6.07, 6.45) is 1.52. The van der Waals surface area contributed by atoms with Gasteiger partial charge < -0.3 is 10.1 Å². The number of nitro benzene ring substituents is 1. The van der Waals surface area contributed by atoms with E-state index in [-0.39, 0.29) is 30.1 Å². The van der Waals surface area contributed by atoms with E-state index >= 15 is 0 Å². The largest absolute Gasteiger partial charge is 0.489 e. The minimum atomic E-state index is -0.619. The first-order chi connectivity index (χ1) is 15.9. The van der Waals surface area contributed by atoms with Crippen molar-refractivity contribution < 1.29 is 23.6 Å². The number of carbonyl (C=O) groups excluding carboxylic acids is 2. The standard InChI is InChI=1S/C24H18FN3O5/c25-21-7-2-1-5-18(21)14-27-23(29)22(26-24(27)30)13-16-8-10-20(11-9-16)33-15-17-4-3-6-19(12-17)28(31)32/h1-13H,14-15H2,(H,26,30)/b22-13+. The highest BCUT2D eigenvalue weighted by Gasteiger charge is 2.33. The topological polar surface area (TPSA) is 102 Å². The van der Waals surface area contributed by atoms with Gasteiger partial charge in [0.05, 0.1) is 11.5 Å². The van der Waals surface area contributed by atoms with E-state index in [0.717, 1.165) is 4.90 Å². The molecule has 166 valence electrons. The van der Waals surface area contributed by atoms with Crippen LogP contribution in [0.3, 0.4) is 0 Å². The lowest BCUT2D eigenvalue weighted by Crippen LogP contribution is -2.30. The Hall–Kier alpha value is -4.53. The molecule has 1 saturated heterocycles. The molecule has 0 aromatic heterocycles. The molecule has 0 spiro atoms. The maximum absolute atomic E-state index is 13.9. The minimum absolute atomic E-state index is 0.00889. The van der Waals surface area contributed by atoms with E-state index in [2.05, 4.69) is 5.32 Å². The highest BCUT2D eigenvalue weighted by Crippen LogP contribution is 2.21. The van der Waals surface area contributed by atoms with Crippen molar-refractivity contribution in [2.24, 2.45) is 0 Å². The fourth-order valence-electron chi connectivity index (χ4n) is 3.27. The first kappa shape index (κ1) is 21.7. The Bertz CT molecular complexity index is 1260. The molecule has 0 bridgehead atoms. The van der Waals surface area contributed by atoms with Crippen molar-refractivity contribution >= 4 is 23.7 Å². The van der Waals surface area contributed by atoms with Gasteiger partial charge in [0.2, 0.25) is 0 Å². The summed E-state index contributed by atoms with van der Waals surface area (Å²) < 4.78 is 19.5. The fourth-order valence-corrected chi connectivity index (χ4v) is 3.27. The molecule has 3 aromatic rings. The zero-order valence-corrected chi connectivity index (χ0v) is 17.2. The van der Waals surface area contributed by atoms with Crippen LogP contribution in [0.4, 0.5) is 14.9 Å². The van der Waals surface area contributed by atoms with Gasteiger partial charge in [-0.3, -0.25) is 19.8 Å². The van der Waals surface area contributed by atoms with Gasteiger partial charge in [0.25, 0.3) is 11.6 Å². The highest BCUT2D eigenvalue weighted by atomic mass is 19.1. The van der Waals surface area contributed by atoms with Crippen molar-refractivity contribution in [1.82, 2.24) is 10.2 Å². The summed E-state index contributed by atoms with van der Waals surface area (Å²) in [6, 6.07) is 18.3. The Kier molecular flexibility index (Phi) is 6.12. The molecule has 1 heterocycles. The molecule has 1 fully saturated rings. The second-order valence-electron chi connectivity index (χ2n) is 7.26. The van der Waals surface area contributed by atoms with Gasteiger partial charge in [-0.25, -0.2) is 9.18 Å². The number of non-ortho nitro benzene ring substituents is 1. The van der Waals surface area contributed by atoms with E-state index in [4.69, 9.17) is 4.74 Å². The average Bonchev–Trinajstić information content (AvgIpc) is 3.07. The number of hydrogen-bond acceptors (Lipinski definition) is 5. The third-order valence-electron chi connectivity index (χ3n) is 4.97. The number of imide groups is 1. The molecule has 1 aliphatic rings. The first-order valence-corrected chi connectivity index (χ1v) is 9.95. The fraction of sp³-hybridized carbons (Fsp3) is 0.0833. The van der Waals surface area contributed by atoms with Crippen LogP contribution in [0.2, 0.25) is 0 Å². The molecule has 3 amide bonds. The summed E-state index contributed by atoms with van der Waals surface area (Å²) in [4.78, 5) is 36.2. The van der Waals surface area contributed by atoms with Crippen LogP contribution >= 0.6 is 0 Å². The van der Waals surface area contributed by atoms with E-state index in [1.807, 2.05) is 0 Å². The molecular weight excluding hydrogens is 429 g/mol. The maximum atomic E-state index is 13.9. The van der Waals surface area contributed by atoms with Gasteiger partial charge in [-0.1, -0.05) is 42.5 Å². The summed E-state index contributed by atoms with van der Waals surface area (Å²) in [5.41, 5.74) is 1.62. The Morgan fingerprint density at radius 2 is 1.79 bits per heavy atom. The van der Waals surface area contributed by atoms with Gasteiger partial charge in [-0.2, -0.15) is 0 Å². The molecule has 0 aliphatic carbocycles. The second-order valence-corrected chi connectivity index (χ2v) is 7.26. The highest BCUT2D eigenvalue weighted by molar-refractivity contribution is 6.13. The third-order valence-corrected chi connectivity index (χ3v) is 4.97. The van der Waals surface area contributed by atoms with Crippen molar-refractivity contribution in [2.75, 3.05) is 0 Å². The summed E-state index contributed by atoms with van der Waals surface area (Å²) in [5, 5.41) is 13.4. The monoisotopic (exact) mass is 447 g/mol. The molecule has 8 nitrogen and oxygen atoms in total. The number of nitro groups is 1. The lowest BCUT2D eigenvalue weighted by molar-refractivity contribution is -0.384. The zero-order chi connectivity index (χ0) is 23.4. The van der Waals surface area contributed by atoms with Crippen molar-refractivity contribution in [3.8, 4) is 5.75 Å². The molecule has 3 aromatic carbocycles. The van der Waals surface area contributed by atoms with Crippen LogP contribution in [0.25, 0.3) is 6.08 Å². The number of amides is 3. The van der Waals surface area contributed by atoms with E-state index in [1.165, 1.54) is 36.4 Å². The molecule has 1 aliphatic heterocycles. The van der Waals surface area contributed by atoms with E-state index in [1.54, 1.807) is 42.5 Å². The quantitative estimate of drug-likeness (QED) is 0.250. The number of hydrogen-bond donors (Lipinski definition) is 1. The molecule has 0 radical (unpaired) electrons. The molecule has 0 atom stereocenters. The molecular formula is C24H18FN3O5. The Morgan fingerprint density at radius 1 is 1.03 bits per heavy atom. The summed E-state index contributed by atoms with van der Waals surface area (Å²) in [6.45, 7) is -0.0131. The van der Waals surface area contributed by atoms with E-state index in [0.29, 0.717) is 16.9 Å². The number of benzene rings is 3. The average molecular weight is 447 g/mol. The van der Waals surface area contributed by atoms with E-state index < -0.39 is 22.7 Å². The van der Waals surface area contributed by atoms with Crippen LogP contribution in [-0.4, -0.2) is 21.8 Å². The number of halogens is 1. The predicted molar refractivity (Wildman–Crippen MR) is 117 cm³/mol. The SMILES string of the molecule is O=C1N/C(=C/c2ccc(OCc3cccc([N+](=O)[O-])c3)cc2)C(=O)N1Cc1ccccc1F. The van der Waals surface area contributed by atoms with Gasteiger partial charge >= 0.3 is 6.03 Å². The van der Waals surface area contributed by atoms with Crippen molar-refractivity contribution in [3.05, 3.63) is 111 Å². The number of nitrogens with one attached hydrogen (secondary N) is 1. The molecule has 33 heavy (non-hydrogen) atoms. The number of nitrogens with zero attached hydrogens (tertiary/aromatic N) is 2. The summed E-state index contributed by atoms with van der Waals surface area (Å²) >= 11 is 0. The van der Waals surface area contributed by atoms with Crippen molar-refractivity contribution in [2.45, 2.75) is 13.2 Å². The number of carbonyl (C=O) groups is 2. The van der Waals surface area contributed by atoms with Crippen LogP contribution in [-0.2, 0) is 17.9 Å². The van der Waals surface area contributed by atoms with Crippen LogP contribution < -0.4 is 10.1 Å². The maximum Gasteiger partial charge on any atom is 0.329 e. The van der Waals surface area contributed by atoms with Gasteiger partial charge in [0, 0.05) is 17.7 Å². The minimum Gasteiger partial charge on any atom is -0.489 e. The molecule has 0 saturated carbocycles. The first-order valence-electron chi connectivity index (χ1n) is 9.95. The molecule has 4 rings (SSSR count). The van der Waals surface area contributed by atoms with Gasteiger partial charge in [0.1, 0.15) is 23.9 Å². The number of ether oxygens (including phenoxy) is 1. The van der Waals surface area contributed by atoms with Crippen LogP contribution in [0.15, 0.2) is 78.5 Å². The smallest absolute Gasteiger partial charge is 0.329 e. The van der Waals surface area contributed by atoms with Gasteiger partial charge in [0.15, 0.2) is 0 Å². The van der Waals surface area contributed by atoms with Gasteiger partial charge in [-0.05, 0) is 35.4 Å². The summed E-state index contributed by atoms with van der Waals surface area (Å²) in [5.74, 6) is -0.503. The molecule has 0 unspecified atom stereocenters.